The summed E-state index contributed by atoms with van der Waals surface area (Å²) >= 11 is 2.06. The Balaban J connectivity index is 0. The molecular formula is C10H24S. The van der Waals surface area contributed by atoms with E-state index < -0.39 is 0 Å². The largest absolute Gasteiger partial charge is 0.162 e. The van der Waals surface area contributed by atoms with Gasteiger partial charge in [-0.1, -0.05) is 47.5 Å². The van der Waals surface area contributed by atoms with E-state index in [1.54, 1.807) is 0 Å². The summed E-state index contributed by atoms with van der Waals surface area (Å²) in [5, 5.41) is 0. The Kier molecular flexibility index (Phi) is 16.4. The second kappa shape index (κ2) is 13.0. The van der Waals surface area contributed by atoms with Crippen molar-refractivity contribution in [2.75, 3.05) is 11.5 Å². The molecule has 0 aromatic rings. The van der Waals surface area contributed by atoms with E-state index in [9.17, 15) is 0 Å². The molecule has 0 aromatic heterocycles. The third-order valence-electron chi connectivity index (χ3n) is 1.39. The Bertz CT molecular complexity index is 52.8. The minimum Gasteiger partial charge on any atom is -0.162 e. The van der Waals surface area contributed by atoms with Gasteiger partial charge in [-0.05, 0) is 17.4 Å². The van der Waals surface area contributed by atoms with E-state index in [-0.39, 0.29) is 0 Å². The number of rotatable bonds is 5. The topological polar surface area (TPSA) is 0 Å². The highest BCUT2D eigenvalue weighted by Crippen LogP contribution is 2.12. The van der Waals surface area contributed by atoms with Crippen molar-refractivity contribution in [1.82, 2.24) is 0 Å². The van der Waals surface area contributed by atoms with Gasteiger partial charge in [0.25, 0.3) is 0 Å². The predicted molar refractivity (Wildman–Crippen MR) is 58.4 cm³/mol. The van der Waals surface area contributed by atoms with Gasteiger partial charge in [-0.25, -0.2) is 0 Å². The first kappa shape index (κ1) is 13.9. The van der Waals surface area contributed by atoms with Crippen molar-refractivity contribution in [3.63, 3.8) is 0 Å². The first-order valence-electron chi connectivity index (χ1n) is 4.89. The molecule has 0 aliphatic heterocycles. The molecule has 0 N–H and O–H groups in total. The lowest BCUT2D eigenvalue weighted by atomic mass is 10.1. The summed E-state index contributed by atoms with van der Waals surface area (Å²) < 4.78 is 0. The standard InChI is InChI=1S/C8H18S.C2H6/c1-4-6-8(3)7-9-5-2;1-2/h8H,4-7H2,1-3H3;1-2H3. The second-order valence-electron chi connectivity index (χ2n) is 2.55. The van der Waals surface area contributed by atoms with Crippen LogP contribution in [0.5, 0.6) is 0 Å². The molecular weight excluding hydrogens is 152 g/mol. The van der Waals surface area contributed by atoms with Crippen molar-refractivity contribution >= 4 is 11.8 Å². The van der Waals surface area contributed by atoms with Gasteiger partial charge in [0.05, 0.1) is 0 Å². The van der Waals surface area contributed by atoms with Crippen LogP contribution in [0.3, 0.4) is 0 Å². The Hall–Kier alpha value is 0.350. The molecule has 0 radical (unpaired) electrons. The van der Waals surface area contributed by atoms with Crippen LogP contribution in [0.15, 0.2) is 0 Å². The fourth-order valence-corrected chi connectivity index (χ4v) is 1.70. The summed E-state index contributed by atoms with van der Waals surface area (Å²) in [5.74, 6) is 3.55. The highest BCUT2D eigenvalue weighted by Gasteiger charge is 1.97. The molecule has 0 rings (SSSR count). The molecule has 0 aromatic carbocycles. The van der Waals surface area contributed by atoms with E-state index in [0.29, 0.717) is 0 Å². The van der Waals surface area contributed by atoms with Crippen LogP contribution in [0, 0.1) is 5.92 Å². The van der Waals surface area contributed by atoms with Crippen LogP contribution in [0.1, 0.15) is 47.5 Å². The summed E-state index contributed by atoms with van der Waals surface area (Å²) in [5.41, 5.74) is 0. The third kappa shape index (κ3) is 13.4. The average Bonchev–Trinajstić information content (AvgIpc) is 2.05. The second-order valence-corrected chi connectivity index (χ2v) is 3.87. The van der Waals surface area contributed by atoms with Gasteiger partial charge in [-0.3, -0.25) is 0 Å². The van der Waals surface area contributed by atoms with Crippen LogP contribution in [-0.4, -0.2) is 11.5 Å². The summed E-state index contributed by atoms with van der Waals surface area (Å²) in [6.07, 6.45) is 2.73. The SMILES string of the molecule is CC.CCCC(C)CSCC. The molecule has 1 unspecified atom stereocenters. The van der Waals surface area contributed by atoms with Crippen molar-refractivity contribution < 1.29 is 0 Å². The molecule has 0 aliphatic rings. The van der Waals surface area contributed by atoms with Crippen molar-refractivity contribution in [1.29, 1.82) is 0 Å². The Morgan fingerprint density at radius 1 is 1.18 bits per heavy atom. The van der Waals surface area contributed by atoms with E-state index in [1.807, 2.05) is 13.8 Å². The summed E-state index contributed by atoms with van der Waals surface area (Å²) in [4.78, 5) is 0. The van der Waals surface area contributed by atoms with Crippen LogP contribution in [-0.2, 0) is 0 Å². The van der Waals surface area contributed by atoms with Crippen molar-refractivity contribution in [2.45, 2.75) is 47.5 Å². The molecule has 1 atom stereocenters. The Morgan fingerprint density at radius 2 is 1.73 bits per heavy atom. The zero-order valence-electron chi connectivity index (χ0n) is 8.81. The molecule has 0 spiro atoms. The van der Waals surface area contributed by atoms with Crippen LogP contribution in [0.2, 0.25) is 0 Å². The predicted octanol–water partition coefficient (Wildman–Crippen LogP) is 4.20. The summed E-state index contributed by atoms with van der Waals surface area (Å²) in [7, 11) is 0. The molecule has 0 heterocycles. The average molecular weight is 176 g/mol. The first-order valence-corrected chi connectivity index (χ1v) is 6.04. The molecule has 70 valence electrons. The van der Waals surface area contributed by atoms with E-state index in [0.717, 1.165) is 5.92 Å². The van der Waals surface area contributed by atoms with Gasteiger partial charge in [0, 0.05) is 0 Å². The third-order valence-corrected chi connectivity index (χ3v) is 2.60. The molecule has 0 nitrogen and oxygen atoms in total. The smallest absolute Gasteiger partial charge is 0.00419 e. The van der Waals surface area contributed by atoms with Crippen LogP contribution in [0.25, 0.3) is 0 Å². The highest BCUT2D eigenvalue weighted by atomic mass is 32.2. The van der Waals surface area contributed by atoms with Crippen LogP contribution in [0.4, 0.5) is 0 Å². The maximum atomic E-state index is 2.34. The number of hydrogen-bond donors (Lipinski definition) is 0. The molecule has 0 aliphatic carbocycles. The van der Waals surface area contributed by atoms with Gasteiger partial charge in [-0.15, -0.1) is 0 Å². The molecule has 11 heavy (non-hydrogen) atoms. The van der Waals surface area contributed by atoms with E-state index >= 15 is 0 Å². The molecule has 0 fully saturated rings. The molecule has 1 heteroatoms. The minimum absolute atomic E-state index is 0.931. The van der Waals surface area contributed by atoms with Gasteiger partial charge in [0.1, 0.15) is 0 Å². The highest BCUT2D eigenvalue weighted by molar-refractivity contribution is 7.99. The van der Waals surface area contributed by atoms with E-state index in [1.165, 1.54) is 24.3 Å². The van der Waals surface area contributed by atoms with Gasteiger partial charge >= 0.3 is 0 Å². The normalized spacial score (nSPS) is 11.7. The molecule has 0 saturated heterocycles. The summed E-state index contributed by atoms with van der Waals surface area (Å²) in [6.45, 7) is 10.8. The van der Waals surface area contributed by atoms with Gasteiger partial charge < -0.3 is 0 Å². The zero-order valence-corrected chi connectivity index (χ0v) is 9.63. The Morgan fingerprint density at radius 3 is 2.09 bits per heavy atom. The Labute approximate surface area is 77.2 Å². The maximum Gasteiger partial charge on any atom is -0.00419 e. The molecule has 0 amide bonds. The lowest BCUT2D eigenvalue weighted by Crippen LogP contribution is -1.96. The van der Waals surface area contributed by atoms with Crippen LogP contribution >= 0.6 is 11.8 Å². The zero-order chi connectivity index (χ0) is 9.11. The van der Waals surface area contributed by atoms with Crippen molar-refractivity contribution in [3.8, 4) is 0 Å². The van der Waals surface area contributed by atoms with E-state index in [2.05, 4.69) is 32.5 Å². The fourth-order valence-electron chi connectivity index (χ4n) is 0.895. The molecule has 0 bridgehead atoms. The monoisotopic (exact) mass is 176 g/mol. The van der Waals surface area contributed by atoms with Gasteiger partial charge in [-0.2, -0.15) is 11.8 Å². The lowest BCUT2D eigenvalue weighted by Gasteiger charge is -2.06. The first-order chi connectivity index (χ1) is 5.31. The van der Waals surface area contributed by atoms with Crippen LogP contribution < -0.4 is 0 Å². The number of hydrogen-bond acceptors (Lipinski definition) is 1. The van der Waals surface area contributed by atoms with Crippen molar-refractivity contribution in [2.24, 2.45) is 5.92 Å². The molecule has 0 saturated carbocycles. The lowest BCUT2D eigenvalue weighted by molar-refractivity contribution is 0.585. The summed E-state index contributed by atoms with van der Waals surface area (Å²) in [6, 6.07) is 0. The van der Waals surface area contributed by atoms with Gasteiger partial charge in [0.2, 0.25) is 0 Å². The number of thioether (sulfide) groups is 1. The fraction of sp³-hybridized carbons (Fsp3) is 1.00. The van der Waals surface area contributed by atoms with E-state index in [4.69, 9.17) is 0 Å². The van der Waals surface area contributed by atoms with Crippen molar-refractivity contribution in [3.05, 3.63) is 0 Å². The maximum absolute atomic E-state index is 2.34. The van der Waals surface area contributed by atoms with Gasteiger partial charge in [0.15, 0.2) is 0 Å². The quantitative estimate of drug-likeness (QED) is 0.605. The minimum atomic E-state index is 0.931.